The first-order valence-corrected chi connectivity index (χ1v) is 8.74. The summed E-state index contributed by atoms with van der Waals surface area (Å²) in [6, 6.07) is 9.24. The highest BCUT2D eigenvalue weighted by molar-refractivity contribution is 9.11. The molecule has 0 bridgehead atoms. The molecule has 0 spiro atoms. The molecule has 1 N–H and O–H groups in total. The molecular weight excluding hydrogens is 404 g/mol. The third-order valence-corrected chi connectivity index (χ3v) is 5.25. The normalized spacial score (nSPS) is 16.5. The second kappa shape index (κ2) is 6.12. The maximum atomic E-state index is 12.6. The SMILES string of the molecule is Cc1cc(Cl)ccc1N1C(=O)/C(=C\c2ccc(Br)s2)NC1=S. The van der Waals surface area contributed by atoms with Gasteiger partial charge < -0.3 is 5.32 Å². The lowest BCUT2D eigenvalue weighted by Crippen LogP contribution is -2.30. The summed E-state index contributed by atoms with van der Waals surface area (Å²) >= 11 is 16.2. The lowest BCUT2D eigenvalue weighted by Gasteiger charge is -2.16. The molecule has 2 aromatic rings. The van der Waals surface area contributed by atoms with Gasteiger partial charge in [0.15, 0.2) is 5.11 Å². The Kier molecular flexibility index (Phi) is 4.36. The summed E-state index contributed by atoms with van der Waals surface area (Å²) in [5, 5.41) is 3.98. The van der Waals surface area contributed by atoms with Crippen LogP contribution in [0.15, 0.2) is 39.8 Å². The summed E-state index contributed by atoms with van der Waals surface area (Å²) in [6.45, 7) is 1.90. The Morgan fingerprint density at radius 3 is 2.77 bits per heavy atom. The highest BCUT2D eigenvalue weighted by Crippen LogP contribution is 2.29. The van der Waals surface area contributed by atoms with Crippen LogP contribution in [0.25, 0.3) is 6.08 Å². The van der Waals surface area contributed by atoms with Gasteiger partial charge in [0.2, 0.25) is 0 Å². The van der Waals surface area contributed by atoms with Gasteiger partial charge in [0.25, 0.3) is 5.91 Å². The first kappa shape index (κ1) is 15.7. The van der Waals surface area contributed by atoms with Gasteiger partial charge in [0, 0.05) is 9.90 Å². The average molecular weight is 414 g/mol. The fraction of sp³-hybridized carbons (Fsp3) is 0.0667. The molecule has 0 unspecified atom stereocenters. The van der Waals surface area contributed by atoms with Crippen LogP contribution in [0.5, 0.6) is 0 Å². The van der Waals surface area contributed by atoms with Crippen molar-refractivity contribution in [1.29, 1.82) is 0 Å². The molecule has 0 radical (unpaired) electrons. The number of anilines is 1. The smallest absolute Gasteiger partial charge is 0.281 e. The van der Waals surface area contributed by atoms with Gasteiger partial charge in [-0.1, -0.05) is 11.6 Å². The quantitative estimate of drug-likeness (QED) is 0.570. The van der Waals surface area contributed by atoms with Crippen molar-refractivity contribution in [2.75, 3.05) is 4.90 Å². The van der Waals surface area contributed by atoms with Gasteiger partial charge in [-0.05, 0) is 77.0 Å². The van der Waals surface area contributed by atoms with Crippen LogP contribution in [0, 0.1) is 6.92 Å². The number of thiocarbonyl (C=S) groups is 1. The van der Waals surface area contributed by atoms with Crippen LogP contribution in [0.1, 0.15) is 10.4 Å². The van der Waals surface area contributed by atoms with E-state index in [9.17, 15) is 4.79 Å². The van der Waals surface area contributed by atoms with Gasteiger partial charge in [-0.2, -0.15) is 0 Å². The van der Waals surface area contributed by atoms with Crippen molar-refractivity contribution in [3.8, 4) is 0 Å². The summed E-state index contributed by atoms with van der Waals surface area (Å²) in [5.41, 5.74) is 2.10. The van der Waals surface area contributed by atoms with Gasteiger partial charge in [-0.25, -0.2) is 0 Å². The van der Waals surface area contributed by atoms with E-state index in [0.29, 0.717) is 15.8 Å². The molecule has 1 aromatic carbocycles. The summed E-state index contributed by atoms with van der Waals surface area (Å²) in [7, 11) is 0. The summed E-state index contributed by atoms with van der Waals surface area (Å²) in [6.07, 6.45) is 1.80. The third kappa shape index (κ3) is 2.96. The van der Waals surface area contributed by atoms with E-state index < -0.39 is 0 Å². The molecule has 0 aliphatic carbocycles. The number of hydrogen-bond donors (Lipinski definition) is 1. The van der Waals surface area contributed by atoms with Crippen LogP contribution in [-0.4, -0.2) is 11.0 Å². The number of halogens is 2. The van der Waals surface area contributed by atoms with Crippen LogP contribution in [-0.2, 0) is 4.79 Å². The molecule has 1 aliphatic rings. The first-order chi connectivity index (χ1) is 10.5. The summed E-state index contributed by atoms with van der Waals surface area (Å²) in [4.78, 5) is 15.1. The largest absolute Gasteiger partial charge is 0.327 e. The molecule has 0 saturated carbocycles. The Hall–Kier alpha value is -1.21. The van der Waals surface area contributed by atoms with Crippen molar-refractivity contribution in [1.82, 2.24) is 5.32 Å². The molecule has 2 heterocycles. The summed E-state index contributed by atoms with van der Waals surface area (Å²) < 4.78 is 1.01. The molecule has 1 aromatic heterocycles. The van der Waals surface area contributed by atoms with Crippen LogP contribution in [0.4, 0.5) is 5.69 Å². The number of benzene rings is 1. The minimum absolute atomic E-state index is 0.167. The average Bonchev–Trinajstić information content (AvgIpc) is 2.96. The second-order valence-corrected chi connectivity index (χ2v) is 8.02. The van der Waals surface area contributed by atoms with Crippen molar-refractivity contribution >= 4 is 73.9 Å². The minimum Gasteiger partial charge on any atom is -0.327 e. The van der Waals surface area contributed by atoms with E-state index in [1.54, 1.807) is 29.5 Å². The molecule has 1 saturated heterocycles. The number of carbonyl (C=O) groups excluding carboxylic acids is 1. The zero-order chi connectivity index (χ0) is 15.9. The Morgan fingerprint density at radius 1 is 1.36 bits per heavy atom. The second-order valence-electron chi connectivity index (χ2n) is 4.70. The number of carbonyl (C=O) groups is 1. The third-order valence-electron chi connectivity index (χ3n) is 3.16. The van der Waals surface area contributed by atoms with Gasteiger partial charge in [-0.15, -0.1) is 11.3 Å². The topological polar surface area (TPSA) is 32.3 Å². The van der Waals surface area contributed by atoms with Gasteiger partial charge in [0.1, 0.15) is 5.70 Å². The molecular formula is C15H10BrClN2OS2. The van der Waals surface area contributed by atoms with E-state index in [-0.39, 0.29) is 5.91 Å². The number of hydrogen-bond acceptors (Lipinski definition) is 3. The number of rotatable bonds is 2. The zero-order valence-corrected chi connectivity index (χ0v) is 15.4. The molecule has 1 amide bonds. The zero-order valence-electron chi connectivity index (χ0n) is 11.4. The molecule has 22 heavy (non-hydrogen) atoms. The van der Waals surface area contributed by atoms with Crippen molar-refractivity contribution in [3.63, 3.8) is 0 Å². The molecule has 1 aliphatic heterocycles. The van der Waals surface area contributed by atoms with Gasteiger partial charge in [0.05, 0.1) is 9.47 Å². The van der Waals surface area contributed by atoms with Gasteiger partial charge in [-0.3, -0.25) is 9.69 Å². The number of nitrogens with one attached hydrogen (secondary N) is 1. The monoisotopic (exact) mass is 412 g/mol. The van der Waals surface area contributed by atoms with Crippen LogP contribution in [0.2, 0.25) is 5.02 Å². The first-order valence-electron chi connectivity index (χ1n) is 6.34. The van der Waals surface area contributed by atoms with Crippen molar-refractivity contribution in [2.45, 2.75) is 6.92 Å². The predicted molar refractivity (Wildman–Crippen MR) is 99.4 cm³/mol. The Morgan fingerprint density at radius 2 is 2.14 bits per heavy atom. The van der Waals surface area contributed by atoms with E-state index in [0.717, 1.165) is 19.9 Å². The highest BCUT2D eigenvalue weighted by atomic mass is 79.9. The Bertz CT molecular complexity index is 816. The molecule has 1 fully saturated rings. The molecule has 112 valence electrons. The maximum absolute atomic E-state index is 12.6. The Balaban J connectivity index is 1.96. The van der Waals surface area contributed by atoms with Crippen molar-refractivity contribution in [2.24, 2.45) is 0 Å². The number of thiophene rings is 1. The van der Waals surface area contributed by atoms with E-state index in [1.807, 2.05) is 25.1 Å². The van der Waals surface area contributed by atoms with E-state index >= 15 is 0 Å². The van der Waals surface area contributed by atoms with E-state index in [1.165, 1.54) is 4.90 Å². The number of nitrogens with zero attached hydrogens (tertiary/aromatic N) is 1. The fourth-order valence-corrected chi connectivity index (χ4v) is 4.06. The van der Waals surface area contributed by atoms with Crippen LogP contribution < -0.4 is 10.2 Å². The lowest BCUT2D eigenvalue weighted by atomic mass is 10.2. The number of amides is 1. The van der Waals surface area contributed by atoms with E-state index in [4.69, 9.17) is 23.8 Å². The van der Waals surface area contributed by atoms with Crippen molar-refractivity contribution in [3.05, 3.63) is 55.3 Å². The molecule has 7 heteroatoms. The molecule has 3 nitrogen and oxygen atoms in total. The number of aryl methyl sites for hydroxylation is 1. The van der Waals surface area contributed by atoms with Crippen LogP contribution >= 0.6 is 51.1 Å². The minimum atomic E-state index is -0.167. The summed E-state index contributed by atoms with van der Waals surface area (Å²) in [5.74, 6) is -0.167. The van der Waals surface area contributed by atoms with Gasteiger partial charge >= 0.3 is 0 Å². The molecule has 0 atom stereocenters. The Labute approximate surface area is 150 Å². The van der Waals surface area contributed by atoms with Crippen molar-refractivity contribution < 1.29 is 4.79 Å². The van der Waals surface area contributed by atoms with Crippen LogP contribution in [0.3, 0.4) is 0 Å². The lowest BCUT2D eigenvalue weighted by molar-refractivity contribution is -0.113. The molecule has 3 rings (SSSR count). The van der Waals surface area contributed by atoms with E-state index in [2.05, 4.69) is 21.2 Å². The standard InChI is InChI=1S/C15H10BrClN2OS2/c1-8-6-9(17)2-4-12(8)19-14(20)11(18-15(19)21)7-10-3-5-13(16)22-10/h2-7H,1H3,(H,18,21)/b11-7+. The fourth-order valence-electron chi connectivity index (χ4n) is 2.17. The highest BCUT2D eigenvalue weighted by Gasteiger charge is 2.32. The maximum Gasteiger partial charge on any atom is 0.281 e. The predicted octanol–water partition coefficient (Wildman–Crippen LogP) is 4.73.